The molecule has 2 aromatic heterocycles. The summed E-state index contributed by atoms with van der Waals surface area (Å²) in [4.78, 5) is 8.62. The Kier molecular flexibility index (Phi) is 4.91. The number of hydrogen-bond acceptors (Lipinski definition) is 5. The Morgan fingerprint density at radius 2 is 2.37 bits per heavy atom. The molecule has 0 aliphatic carbocycles. The fourth-order valence-corrected chi connectivity index (χ4v) is 2.13. The molecule has 0 radical (unpaired) electrons. The lowest BCUT2D eigenvalue weighted by Gasteiger charge is -2.08. The molecule has 0 atom stereocenters. The Balaban J connectivity index is 1.89. The molecule has 0 aliphatic rings. The lowest BCUT2D eigenvalue weighted by atomic mass is 10.3. The second-order valence-corrected chi connectivity index (χ2v) is 4.70. The minimum absolute atomic E-state index is 0.469. The number of rotatable bonds is 5. The zero-order valence-electron chi connectivity index (χ0n) is 11.0. The summed E-state index contributed by atoms with van der Waals surface area (Å²) in [6.45, 7) is 5.75. The van der Waals surface area contributed by atoms with Gasteiger partial charge < -0.3 is 15.2 Å². The maximum Gasteiger partial charge on any atom is 0.246 e. The van der Waals surface area contributed by atoms with Gasteiger partial charge in [0.15, 0.2) is 11.8 Å². The number of thiophene rings is 1. The van der Waals surface area contributed by atoms with E-state index in [9.17, 15) is 0 Å². The van der Waals surface area contributed by atoms with Crippen LogP contribution in [-0.4, -0.2) is 22.6 Å². The predicted octanol–water partition coefficient (Wildman–Crippen LogP) is 1.69. The number of hydrogen-bond donors (Lipinski definition) is 2. The number of nitrogens with one attached hydrogen (secondary N) is 2. The largest absolute Gasteiger partial charge is 0.357 e. The average Bonchev–Trinajstić information content (AvgIpc) is 3.04. The highest BCUT2D eigenvalue weighted by molar-refractivity contribution is 7.07. The molecule has 0 bridgehead atoms. The second-order valence-electron chi connectivity index (χ2n) is 3.92. The Morgan fingerprint density at radius 1 is 1.47 bits per heavy atom. The van der Waals surface area contributed by atoms with Crippen LogP contribution in [0.3, 0.4) is 0 Å². The van der Waals surface area contributed by atoms with Crippen LogP contribution in [0.1, 0.15) is 24.2 Å². The summed E-state index contributed by atoms with van der Waals surface area (Å²) in [5.41, 5.74) is 1.20. The molecule has 2 N–H and O–H groups in total. The van der Waals surface area contributed by atoms with E-state index in [0.717, 1.165) is 12.5 Å². The Hall–Kier alpha value is -1.89. The molecular weight excluding hydrogens is 262 g/mol. The second kappa shape index (κ2) is 6.89. The van der Waals surface area contributed by atoms with E-state index < -0.39 is 0 Å². The number of aryl methyl sites for hydroxylation is 1. The number of aliphatic imine (C=N–C) groups is 1. The van der Waals surface area contributed by atoms with E-state index >= 15 is 0 Å². The van der Waals surface area contributed by atoms with Gasteiger partial charge in [0.2, 0.25) is 5.89 Å². The van der Waals surface area contributed by atoms with Crippen LogP contribution in [0.15, 0.2) is 26.3 Å². The van der Waals surface area contributed by atoms with E-state index in [1.807, 2.05) is 12.3 Å². The van der Waals surface area contributed by atoms with Crippen LogP contribution in [0, 0.1) is 6.92 Å². The summed E-state index contributed by atoms with van der Waals surface area (Å²) in [6, 6.07) is 2.07. The summed E-state index contributed by atoms with van der Waals surface area (Å²) >= 11 is 1.67. The molecule has 19 heavy (non-hydrogen) atoms. The van der Waals surface area contributed by atoms with Gasteiger partial charge >= 0.3 is 0 Å². The molecule has 7 heteroatoms. The van der Waals surface area contributed by atoms with Crippen molar-refractivity contribution < 1.29 is 4.52 Å². The van der Waals surface area contributed by atoms with Gasteiger partial charge in [-0.05, 0) is 36.2 Å². The monoisotopic (exact) mass is 279 g/mol. The fourth-order valence-electron chi connectivity index (χ4n) is 1.47. The standard InChI is InChI=1S/C12H17N5OS/c1-3-13-12(14-6-10-4-5-19-8-10)15-7-11-16-9(2)17-18-11/h4-5,8H,3,6-7H2,1-2H3,(H2,13,14,15). The van der Waals surface area contributed by atoms with Gasteiger partial charge in [-0.2, -0.15) is 16.3 Å². The van der Waals surface area contributed by atoms with Gasteiger partial charge in [-0.25, -0.2) is 4.99 Å². The average molecular weight is 279 g/mol. The van der Waals surface area contributed by atoms with E-state index in [1.165, 1.54) is 5.56 Å². The van der Waals surface area contributed by atoms with Crippen LogP contribution in [0.2, 0.25) is 0 Å². The minimum Gasteiger partial charge on any atom is -0.357 e. The number of guanidine groups is 1. The lowest BCUT2D eigenvalue weighted by molar-refractivity contribution is 0.371. The first-order chi connectivity index (χ1) is 9.28. The van der Waals surface area contributed by atoms with Crippen molar-refractivity contribution in [3.8, 4) is 0 Å². The van der Waals surface area contributed by atoms with E-state index in [-0.39, 0.29) is 0 Å². The van der Waals surface area contributed by atoms with Crippen molar-refractivity contribution in [1.29, 1.82) is 0 Å². The first kappa shape index (κ1) is 13.5. The summed E-state index contributed by atoms with van der Waals surface area (Å²) in [6.07, 6.45) is 0. The maximum atomic E-state index is 5.04. The molecule has 2 rings (SSSR count). The van der Waals surface area contributed by atoms with Gasteiger partial charge in [0, 0.05) is 6.54 Å². The molecule has 0 amide bonds. The zero-order chi connectivity index (χ0) is 13.5. The zero-order valence-corrected chi connectivity index (χ0v) is 11.8. The van der Waals surface area contributed by atoms with Crippen molar-refractivity contribution in [3.63, 3.8) is 0 Å². The van der Waals surface area contributed by atoms with Crippen molar-refractivity contribution >= 4 is 17.3 Å². The van der Waals surface area contributed by atoms with E-state index in [2.05, 4.69) is 37.2 Å². The summed E-state index contributed by atoms with van der Waals surface area (Å²) in [5, 5.41) is 14.2. The molecule has 6 nitrogen and oxygen atoms in total. The lowest BCUT2D eigenvalue weighted by Crippen LogP contribution is -2.36. The molecule has 102 valence electrons. The minimum atomic E-state index is 0.469. The first-order valence-corrected chi connectivity index (χ1v) is 7.04. The molecule has 0 saturated carbocycles. The van der Waals surface area contributed by atoms with Crippen LogP contribution in [-0.2, 0) is 13.1 Å². The molecule has 2 aromatic rings. The Bertz CT molecular complexity index is 520. The van der Waals surface area contributed by atoms with E-state index in [4.69, 9.17) is 4.52 Å². The Labute approximate surface area is 115 Å². The number of nitrogens with zero attached hydrogens (tertiary/aromatic N) is 3. The highest BCUT2D eigenvalue weighted by atomic mass is 32.1. The first-order valence-electron chi connectivity index (χ1n) is 6.10. The third kappa shape index (κ3) is 4.36. The van der Waals surface area contributed by atoms with Gasteiger partial charge in [0.05, 0.1) is 13.1 Å². The SMILES string of the molecule is CCNC(=NCc1ccsc1)NCc1nc(C)no1. The Morgan fingerprint density at radius 3 is 3.00 bits per heavy atom. The molecule has 0 unspecified atom stereocenters. The molecule has 0 spiro atoms. The van der Waals surface area contributed by atoms with Gasteiger partial charge in [-0.15, -0.1) is 0 Å². The third-order valence-corrected chi connectivity index (χ3v) is 3.05. The molecule has 0 aliphatic heterocycles. The van der Waals surface area contributed by atoms with Gasteiger partial charge in [-0.1, -0.05) is 5.16 Å². The maximum absolute atomic E-state index is 5.04. The van der Waals surface area contributed by atoms with Crippen molar-refractivity contribution in [1.82, 2.24) is 20.8 Å². The fraction of sp³-hybridized carbons (Fsp3) is 0.417. The molecule has 0 fully saturated rings. The number of aromatic nitrogens is 2. The quantitative estimate of drug-likeness (QED) is 0.643. The van der Waals surface area contributed by atoms with Crippen LogP contribution >= 0.6 is 11.3 Å². The van der Waals surface area contributed by atoms with E-state index in [0.29, 0.717) is 24.8 Å². The smallest absolute Gasteiger partial charge is 0.246 e. The topological polar surface area (TPSA) is 75.3 Å². The van der Waals surface area contributed by atoms with Crippen LogP contribution < -0.4 is 10.6 Å². The summed E-state index contributed by atoms with van der Waals surface area (Å²) in [5.74, 6) is 1.93. The van der Waals surface area contributed by atoms with Gasteiger partial charge in [0.25, 0.3) is 0 Å². The van der Waals surface area contributed by atoms with Crippen molar-refractivity contribution in [2.75, 3.05) is 6.54 Å². The van der Waals surface area contributed by atoms with Crippen molar-refractivity contribution in [2.24, 2.45) is 4.99 Å². The normalized spacial score (nSPS) is 11.6. The van der Waals surface area contributed by atoms with Gasteiger partial charge in [-0.3, -0.25) is 0 Å². The van der Waals surface area contributed by atoms with Crippen molar-refractivity contribution in [3.05, 3.63) is 34.1 Å². The molecular formula is C12H17N5OS. The highest BCUT2D eigenvalue weighted by Gasteiger charge is 2.04. The highest BCUT2D eigenvalue weighted by Crippen LogP contribution is 2.06. The van der Waals surface area contributed by atoms with Crippen LogP contribution in [0.4, 0.5) is 0 Å². The van der Waals surface area contributed by atoms with E-state index in [1.54, 1.807) is 18.3 Å². The van der Waals surface area contributed by atoms with Gasteiger partial charge in [0.1, 0.15) is 0 Å². The molecule has 0 aromatic carbocycles. The van der Waals surface area contributed by atoms with Crippen molar-refractivity contribution in [2.45, 2.75) is 26.9 Å². The summed E-state index contributed by atoms with van der Waals surface area (Å²) < 4.78 is 5.04. The molecule has 2 heterocycles. The van der Waals surface area contributed by atoms with Crippen LogP contribution in [0.25, 0.3) is 0 Å². The predicted molar refractivity (Wildman–Crippen MR) is 75.0 cm³/mol. The van der Waals surface area contributed by atoms with Crippen LogP contribution in [0.5, 0.6) is 0 Å². The third-order valence-electron chi connectivity index (χ3n) is 2.32. The summed E-state index contributed by atoms with van der Waals surface area (Å²) in [7, 11) is 0. The molecule has 0 saturated heterocycles.